The zero-order valence-corrected chi connectivity index (χ0v) is 79.1. The maximum absolute atomic E-state index is 6.85. The monoisotopic (exact) mass is 1810 g/mol. The molecule has 2 aliphatic carbocycles. The summed E-state index contributed by atoms with van der Waals surface area (Å²) in [5.41, 5.74) is 49.3. The summed E-state index contributed by atoms with van der Waals surface area (Å²) >= 11 is 0. The number of nitrogens with zero attached hydrogens (tertiary/aromatic N) is 2. The van der Waals surface area contributed by atoms with Crippen molar-refractivity contribution in [1.82, 2.24) is 9.13 Å². The van der Waals surface area contributed by atoms with E-state index in [0.717, 1.165) is 116 Å². The molecule has 0 amide bonds. The first-order chi connectivity index (χ1) is 69.8. The Morgan fingerprint density at radius 2 is 0.380 bits per heavy atom. The van der Waals surface area contributed by atoms with Crippen molar-refractivity contribution >= 4 is 87.5 Å². The summed E-state index contributed by atoms with van der Waals surface area (Å²) < 4.78 is 18.5. The van der Waals surface area contributed by atoms with Crippen molar-refractivity contribution in [2.75, 3.05) is 0 Å². The Balaban J connectivity index is 0.000000142. The quantitative estimate of drug-likeness (QED) is 0.109. The molecule has 28 rings (SSSR count). The molecule has 0 bridgehead atoms. The van der Waals surface area contributed by atoms with Crippen molar-refractivity contribution in [2.45, 2.75) is 38.5 Å². The molecule has 0 unspecified atom stereocenters. The average molecular weight is 1810 g/mol. The van der Waals surface area contributed by atoms with E-state index in [9.17, 15) is 0 Å². The molecule has 668 valence electrons. The van der Waals surface area contributed by atoms with Gasteiger partial charge in [-0.3, -0.25) is 0 Å². The van der Waals surface area contributed by atoms with Gasteiger partial charge in [-0.05, 0) is 319 Å². The molecule has 0 N–H and O–H groups in total. The molecule has 0 saturated heterocycles. The lowest BCUT2D eigenvalue weighted by atomic mass is 9.81. The number of fused-ring (bicyclic) bond motifs is 18. The Bertz CT molecular complexity index is 9550. The van der Waals surface area contributed by atoms with Crippen LogP contribution in [0.5, 0.6) is 0 Å². The van der Waals surface area contributed by atoms with Crippen LogP contribution in [0.2, 0.25) is 0 Å². The molecule has 0 radical (unpaired) electrons. The molecule has 0 saturated carbocycles. The van der Waals surface area contributed by atoms with Crippen LogP contribution in [0.15, 0.2) is 506 Å². The van der Waals surface area contributed by atoms with Crippen LogP contribution >= 0.6 is 0 Å². The van der Waals surface area contributed by atoms with Gasteiger partial charge in [-0.2, -0.15) is 0 Å². The molecule has 0 atom stereocenters. The molecule has 2 aliphatic rings. The van der Waals surface area contributed by atoms with Gasteiger partial charge in [-0.25, -0.2) is 0 Å². The van der Waals surface area contributed by atoms with Gasteiger partial charge in [0, 0.05) is 76.4 Å². The first kappa shape index (κ1) is 83.4. The Morgan fingerprint density at radius 1 is 0.148 bits per heavy atom. The fourth-order valence-corrected chi connectivity index (χ4v) is 23.1. The first-order valence-corrected chi connectivity index (χ1v) is 49.3. The molecule has 26 aromatic rings. The SMILES string of the molecule is CC1(C)c2ccccc2-c2ccc(-c3cccc4c3oc3ccc(-c5cc(-c6ccc(-c7ccccc7)cc6)cc(-c6ccc7c(c6)c6cc(-c8ccccc8)ccc6n7-c6ccccc6)c5)cc34)cc21.CC1(C)c2ccccc2-c2ccc(-c3cccc4c3oc3ccc(-c5cc(-c6cccc(-c7ccccc7)c6)cc(-c6ccc7c(c6)c6cc(-c8ccccc8)ccc6n7-c6ccccc6)c5)cc34)cc21. The zero-order valence-electron chi connectivity index (χ0n) is 79.1. The van der Waals surface area contributed by atoms with E-state index < -0.39 is 0 Å². The fourth-order valence-electron chi connectivity index (χ4n) is 23.1. The van der Waals surface area contributed by atoms with E-state index in [2.05, 4.69) is 534 Å². The predicted molar refractivity (Wildman–Crippen MR) is 596 cm³/mol. The standard InChI is InChI=1S/2C69H47NO/c1-69(2)63-27-13-12-24-57(63)58-32-28-51(43-64(58)69)56-25-15-26-59-62-42-50(31-35-67(62)71-68(56)59)54-38-52(47-21-14-20-46(36-47)44-16-6-3-7-17-44)37-53(39-54)49-30-34-66-61(41-49)60-40-48(45-18-8-4-9-19-45)29-33-65(60)70(66)55-22-10-5-11-23-55;1-69(2)63-24-13-12-21-57(63)58-33-29-51(43-64(58)69)56-22-14-23-59-62-42-50(32-36-67(62)71-68(56)59)54-38-52(47-27-25-46(26-28-47)44-15-6-3-7-16-44)37-53(39-54)49-31-35-66-61(41-49)60-40-48(45-17-8-4-9-18-45)30-34-65(60)70(66)55-19-10-5-11-20-55/h2*3-43H,1-2H3. The highest BCUT2D eigenvalue weighted by molar-refractivity contribution is 6.16. The minimum Gasteiger partial charge on any atom is -0.455 e. The van der Waals surface area contributed by atoms with E-state index in [1.807, 2.05) is 0 Å². The maximum atomic E-state index is 6.85. The number of rotatable bonds is 14. The number of hydrogen-bond donors (Lipinski definition) is 0. The van der Waals surface area contributed by atoms with Gasteiger partial charge in [0.25, 0.3) is 0 Å². The Hall–Kier alpha value is -18.0. The summed E-state index contributed by atoms with van der Waals surface area (Å²) in [6, 6.07) is 182. The lowest BCUT2D eigenvalue weighted by Crippen LogP contribution is -2.14. The van der Waals surface area contributed by atoms with E-state index in [0.29, 0.717) is 0 Å². The highest BCUT2D eigenvalue weighted by Gasteiger charge is 2.38. The van der Waals surface area contributed by atoms with Crippen molar-refractivity contribution in [3.05, 3.63) is 520 Å². The summed E-state index contributed by atoms with van der Waals surface area (Å²) in [5.74, 6) is 0. The highest BCUT2D eigenvalue weighted by atomic mass is 16.3. The summed E-state index contributed by atoms with van der Waals surface area (Å²) in [5, 5.41) is 9.34. The number of para-hydroxylation sites is 4. The second-order valence-corrected chi connectivity index (χ2v) is 39.3. The van der Waals surface area contributed by atoms with E-state index in [4.69, 9.17) is 8.83 Å². The van der Waals surface area contributed by atoms with Crippen LogP contribution in [0.4, 0.5) is 0 Å². The maximum Gasteiger partial charge on any atom is 0.143 e. The molecule has 4 aromatic heterocycles. The van der Waals surface area contributed by atoms with E-state index in [-0.39, 0.29) is 10.8 Å². The molecule has 22 aromatic carbocycles. The lowest BCUT2D eigenvalue weighted by Gasteiger charge is -2.22. The van der Waals surface area contributed by atoms with Gasteiger partial charge >= 0.3 is 0 Å². The molecular formula is C138H94N2O2. The third-order valence-corrected chi connectivity index (χ3v) is 30.4. The fraction of sp³-hybridized carbons (Fsp3) is 0.0435. The first-order valence-electron chi connectivity index (χ1n) is 49.3. The lowest BCUT2D eigenvalue weighted by molar-refractivity contribution is 0.660. The molecule has 142 heavy (non-hydrogen) atoms. The van der Waals surface area contributed by atoms with Gasteiger partial charge in [0.05, 0.1) is 22.1 Å². The normalized spacial score (nSPS) is 12.8. The minimum atomic E-state index is -0.0897. The van der Waals surface area contributed by atoms with Gasteiger partial charge in [0.1, 0.15) is 22.3 Å². The largest absolute Gasteiger partial charge is 0.455 e. The van der Waals surface area contributed by atoms with Crippen LogP contribution in [0, 0.1) is 0 Å². The zero-order chi connectivity index (χ0) is 94.4. The molecule has 4 heterocycles. The number of hydrogen-bond acceptors (Lipinski definition) is 2. The van der Waals surface area contributed by atoms with E-state index >= 15 is 0 Å². The van der Waals surface area contributed by atoms with Crippen molar-refractivity contribution in [2.24, 2.45) is 0 Å². The molecular weight excluding hydrogens is 1720 g/mol. The Morgan fingerprint density at radius 3 is 0.746 bits per heavy atom. The Kier molecular flexibility index (Phi) is 19.7. The van der Waals surface area contributed by atoms with Gasteiger partial charge < -0.3 is 18.0 Å². The van der Waals surface area contributed by atoms with E-state index in [1.54, 1.807) is 0 Å². The van der Waals surface area contributed by atoms with Gasteiger partial charge in [0.2, 0.25) is 0 Å². The molecule has 4 heteroatoms. The molecule has 4 nitrogen and oxygen atoms in total. The summed E-state index contributed by atoms with van der Waals surface area (Å²) in [7, 11) is 0. The summed E-state index contributed by atoms with van der Waals surface area (Å²) in [6.07, 6.45) is 0. The minimum absolute atomic E-state index is 0.0887. The van der Waals surface area contributed by atoms with Crippen LogP contribution < -0.4 is 0 Å². The van der Waals surface area contributed by atoms with Crippen LogP contribution in [0.1, 0.15) is 49.9 Å². The second-order valence-electron chi connectivity index (χ2n) is 39.3. The van der Waals surface area contributed by atoms with Crippen LogP contribution in [0.3, 0.4) is 0 Å². The Labute approximate surface area is 824 Å². The van der Waals surface area contributed by atoms with Crippen LogP contribution in [-0.4, -0.2) is 9.13 Å². The van der Waals surface area contributed by atoms with Crippen LogP contribution in [0.25, 0.3) is 255 Å². The highest BCUT2D eigenvalue weighted by Crippen LogP contribution is 2.54. The number of benzene rings is 22. The van der Waals surface area contributed by atoms with Gasteiger partial charge in [0.15, 0.2) is 0 Å². The summed E-state index contributed by atoms with van der Waals surface area (Å²) in [6.45, 7) is 9.37. The third-order valence-electron chi connectivity index (χ3n) is 30.4. The second kappa shape index (κ2) is 33.5. The summed E-state index contributed by atoms with van der Waals surface area (Å²) in [4.78, 5) is 0. The third kappa shape index (κ3) is 14.1. The van der Waals surface area contributed by atoms with Crippen molar-refractivity contribution < 1.29 is 8.83 Å². The van der Waals surface area contributed by atoms with Crippen molar-refractivity contribution in [3.8, 4) is 167 Å². The topological polar surface area (TPSA) is 36.1 Å². The molecule has 0 aliphatic heterocycles. The number of aromatic nitrogens is 2. The molecule has 0 spiro atoms. The average Bonchev–Trinajstić information content (AvgIpc) is 1.57. The van der Waals surface area contributed by atoms with Crippen LogP contribution in [-0.2, 0) is 10.8 Å². The van der Waals surface area contributed by atoms with Crippen molar-refractivity contribution in [1.29, 1.82) is 0 Å². The molecule has 0 fully saturated rings. The number of furan rings is 2. The van der Waals surface area contributed by atoms with Crippen molar-refractivity contribution in [3.63, 3.8) is 0 Å². The predicted octanol–water partition coefficient (Wildman–Crippen LogP) is 38.0. The van der Waals surface area contributed by atoms with E-state index in [1.165, 1.54) is 160 Å². The van der Waals surface area contributed by atoms with Gasteiger partial charge in [-0.1, -0.05) is 373 Å². The smallest absolute Gasteiger partial charge is 0.143 e. The van der Waals surface area contributed by atoms with Gasteiger partial charge in [-0.15, -0.1) is 0 Å².